The van der Waals surface area contributed by atoms with E-state index in [1.165, 1.54) is 129 Å². The van der Waals surface area contributed by atoms with Gasteiger partial charge in [0.1, 0.15) is 0 Å². The van der Waals surface area contributed by atoms with Crippen molar-refractivity contribution in [2.45, 2.75) is 0 Å². The molecule has 0 nitrogen and oxygen atoms in total. The minimum atomic E-state index is 1.21. The summed E-state index contributed by atoms with van der Waals surface area (Å²) in [5, 5.41) is 18.1. The van der Waals surface area contributed by atoms with Crippen molar-refractivity contribution >= 4 is 96.1 Å². The molecule has 0 N–H and O–H groups in total. The maximum absolute atomic E-state index is 2.42. The maximum atomic E-state index is 2.42. The van der Waals surface area contributed by atoms with E-state index in [4.69, 9.17) is 0 Å². The molecular weight excluding hydrogens is 753 g/mol. The first-order valence-electron chi connectivity index (χ1n) is 21.1. The zero-order chi connectivity index (χ0) is 40.0. The van der Waals surface area contributed by atoms with Crippen LogP contribution >= 0.6 is 11.3 Å². The number of rotatable bonds is 4. The van der Waals surface area contributed by atoms with E-state index in [0.717, 1.165) is 0 Å². The van der Waals surface area contributed by atoms with Gasteiger partial charge in [-0.1, -0.05) is 194 Å². The van der Waals surface area contributed by atoms with E-state index in [-0.39, 0.29) is 0 Å². The van der Waals surface area contributed by atoms with Crippen LogP contribution in [0.5, 0.6) is 0 Å². The molecule has 1 aromatic heterocycles. The molecule has 13 rings (SSSR count). The summed E-state index contributed by atoms with van der Waals surface area (Å²) in [7, 11) is 0. The standard InChI is InChI=1S/C60H36S/c1-2-14-40-35-58-56(33-39(40)13-1)50-32-30-42(36-57(50)61-58)60-53-23-11-9-21-51(53)59(52-22-10-12-24-54(52)60)38-27-25-37(26-28-38)43-15-3-4-16-44(43)41-29-31-49-47-19-6-5-17-45(47)46-18-7-8-20-48(46)55(49)34-41/h1-36H. The van der Waals surface area contributed by atoms with Crippen LogP contribution in [0.3, 0.4) is 0 Å². The van der Waals surface area contributed by atoms with Gasteiger partial charge in [-0.15, -0.1) is 11.3 Å². The molecule has 0 amide bonds. The highest BCUT2D eigenvalue weighted by atomic mass is 32.1. The van der Waals surface area contributed by atoms with Gasteiger partial charge >= 0.3 is 0 Å². The lowest BCUT2D eigenvalue weighted by Crippen LogP contribution is -1.91. The fourth-order valence-electron chi connectivity index (χ4n) is 10.2. The van der Waals surface area contributed by atoms with Crippen molar-refractivity contribution in [1.29, 1.82) is 0 Å². The van der Waals surface area contributed by atoms with Crippen LogP contribution in [-0.2, 0) is 0 Å². The first kappa shape index (κ1) is 34.3. The van der Waals surface area contributed by atoms with Crippen molar-refractivity contribution in [1.82, 2.24) is 0 Å². The molecule has 0 aliphatic rings. The first-order valence-corrected chi connectivity index (χ1v) is 21.9. The van der Waals surface area contributed by atoms with Crippen molar-refractivity contribution in [3.8, 4) is 44.5 Å². The molecule has 0 saturated carbocycles. The lowest BCUT2D eigenvalue weighted by Gasteiger charge is -2.18. The predicted octanol–water partition coefficient (Wildman–Crippen LogP) is 17.6. The van der Waals surface area contributed by atoms with Crippen molar-refractivity contribution in [2.24, 2.45) is 0 Å². The second-order valence-corrected chi connectivity index (χ2v) is 17.4. The van der Waals surface area contributed by atoms with E-state index < -0.39 is 0 Å². The summed E-state index contributed by atoms with van der Waals surface area (Å²) in [6.45, 7) is 0. The van der Waals surface area contributed by atoms with Crippen LogP contribution in [-0.4, -0.2) is 0 Å². The third kappa shape index (κ3) is 5.31. The largest absolute Gasteiger partial charge is 0.135 e. The molecule has 0 aliphatic heterocycles. The fraction of sp³-hybridized carbons (Fsp3) is 0. The lowest BCUT2D eigenvalue weighted by atomic mass is 9.85. The molecule has 0 radical (unpaired) electrons. The average Bonchev–Trinajstić information content (AvgIpc) is 3.69. The number of benzene rings is 12. The highest BCUT2D eigenvalue weighted by Crippen LogP contribution is 2.47. The molecule has 13 aromatic rings. The van der Waals surface area contributed by atoms with Crippen molar-refractivity contribution in [2.75, 3.05) is 0 Å². The Kier molecular flexibility index (Phi) is 7.58. The molecule has 0 fully saturated rings. The Hall–Kier alpha value is -7.58. The molecule has 0 atom stereocenters. The summed E-state index contributed by atoms with van der Waals surface area (Å²) in [6.07, 6.45) is 0. The SMILES string of the molecule is c1ccc(-c2ccc3c4ccccc4c4ccccc4c3c2)c(-c2ccc(-c3c4ccccc4c(-c4ccc5c(c4)sc4cc6ccccc6cc45)c4ccccc34)cc2)c1. The Balaban J connectivity index is 0.938. The van der Waals surface area contributed by atoms with Crippen LogP contribution in [0.1, 0.15) is 0 Å². The number of thiophene rings is 1. The van der Waals surface area contributed by atoms with Gasteiger partial charge in [0.25, 0.3) is 0 Å². The van der Waals surface area contributed by atoms with E-state index in [9.17, 15) is 0 Å². The van der Waals surface area contributed by atoms with Crippen LogP contribution in [0.25, 0.3) is 129 Å². The number of fused-ring (bicyclic) bond motifs is 12. The molecular formula is C60H36S. The summed E-state index contributed by atoms with van der Waals surface area (Å²) < 4.78 is 2.66. The Morgan fingerprint density at radius 1 is 0.213 bits per heavy atom. The highest BCUT2D eigenvalue weighted by molar-refractivity contribution is 7.26. The van der Waals surface area contributed by atoms with Crippen LogP contribution in [0.15, 0.2) is 218 Å². The van der Waals surface area contributed by atoms with Crippen LogP contribution in [0.4, 0.5) is 0 Å². The zero-order valence-corrected chi connectivity index (χ0v) is 34.0. The highest BCUT2D eigenvalue weighted by Gasteiger charge is 2.19. The van der Waals surface area contributed by atoms with Gasteiger partial charge in [-0.3, -0.25) is 0 Å². The molecule has 1 heterocycles. The van der Waals surface area contributed by atoms with E-state index in [2.05, 4.69) is 218 Å². The second-order valence-electron chi connectivity index (χ2n) is 16.3. The fourth-order valence-corrected chi connectivity index (χ4v) is 11.4. The summed E-state index contributed by atoms with van der Waals surface area (Å²) in [4.78, 5) is 0. The van der Waals surface area contributed by atoms with Gasteiger partial charge in [0.2, 0.25) is 0 Å². The summed E-state index contributed by atoms with van der Waals surface area (Å²) in [5.41, 5.74) is 9.94. The third-order valence-electron chi connectivity index (χ3n) is 13.0. The predicted molar refractivity (Wildman–Crippen MR) is 266 cm³/mol. The third-order valence-corrected chi connectivity index (χ3v) is 14.1. The molecule has 61 heavy (non-hydrogen) atoms. The summed E-state index contributed by atoms with van der Waals surface area (Å²) in [5.74, 6) is 0. The van der Waals surface area contributed by atoms with E-state index >= 15 is 0 Å². The second kappa shape index (κ2) is 13.5. The molecule has 282 valence electrons. The lowest BCUT2D eigenvalue weighted by molar-refractivity contribution is 1.59. The smallest absolute Gasteiger partial charge is 0.0361 e. The molecule has 0 unspecified atom stereocenters. The summed E-state index contributed by atoms with van der Waals surface area (Å²) >= 11 is 1.90. The molecule has 1 heteroatoms. The van der Waals surface area contributed by atoms with Gasteiger partial charge in [-0.25, -0.2) is 0 Å². The molecule has 0 saturated heterocycles. The van der Waals surface area contributed by atoms with Crippen molar-refractivity contribution < 1.29 is 0 Å². The molecule has 12 aromatic carbocycles. The van der Waals surface area contributed by atoms with Gasteiger partial charge in [0.15, 0.2) is 0 Å². The van der Waals surface area contributed by atoms with Gasteiger partial charge < -0.3 is 0 Å². The number of hydrogen-bond donors (Lipinski definition) is 0. The van der Waals surface area contributed by atoms with E-state index in [1.54, 1.807) is 0 Å². The topological polar surface area (TPSA) is 0 Å². The Labute approximate surface area is 357 Å². The first-order chi connectivity index (χ1) is 30.2. The average molecular weight is 789 g/mol. The van der Waals surface area contributed by atoms with E-state index in [0.29, 0.717) is 0 Å². The van der Waals surface area contributed by atoms with Crippen molar-refractivity contribution in [3.05, 3.63) is 218 Å². The van der Waals surface area contributed by atoms with Gasteiger partial charge in [0.05, 0.1) is 0 Å². The Bertz CT molecular complexity index is 3830. The zero-order valence-electron chi connectivity index (χ0n) is 33.2. The monoisotopic (exact) mass is 788 g/mol. The minimum Gasteiger partial charge on any atom is -0.135 e. The van der Waals surface area contributed by atoms with Gasteiger partial charge in [-0.2, -0.15) is 0 Å². The molecule has 0 bridgehead atoms. The van der Waals surface area contributed by atoms with Gasteiger partial charge in [-0.05, 0) is 133 Å². The van der Waals surface area contributed by atoms with Crippen LogP contribution in [0.2, 0.25) is 0 Å². The maximum Gasteiger partial charge on any atom is 0.0361 e. The van der Waals surface area contributed by atoms with Crippen LogP contribution < -0.4 is 0 Å². The quantitative estimate of drug-likeness (QED) is 0.123. The summed E-state index contributed by atoms with van der Waals surface area (Å²) in [6, 6.07) is 81.3. The molecule has 0 spiro atoms. The molecule has 0 aliphatic carbocycles. The van der Waals surface area contributed by atoms with Gasteiger partial charge in [0, 0.05) is 20.2 Å². The van der Waals surface area contributed by atoms with Crippen molar-refractivity contribution in [3.63, 3.8) is 0 Å². The van der Waals surface area contributed by atoms with E-state index in [1.807, 2.05) is 11.3 Å². The van der Waals surface area contributed by atoms with Crippen LogP contribution in [0, 0.1) is 0 Å². The Morgan fingerprint density at radius 3 is 1.21 bits per heavy atom. The normalized spacial score (nSPS) is 11.9. The number of hydrogen-bond acceptors (Lipinski definition) is 1. The minimum absolute atomic E-state index is 1.21. The Morgan fingerprint density at radius 2 is 0.607 bits per heavy atom.